The van der Waals surface area contributed by atoms with E-state index in [0.717, 1.165) is 0 Å². The molecule has 0 aromatic heterocycles. The third-order valence-corrected chi connectivity index (χ3v) is 8.48. The molecule has 14 N–H and O–H groups in total. The molecule has 0 aromatic rings. The quantitative estimate of drug-likeness (QED) is 0.0929. The largest absolute Gasteiger partial charge is 0.467 e. The molecular formula is C26H48N6O10. The number of ether oxygens (including phenoxy) is 4. The smallest absolute Gasteiger partial charge is 0.253 e. The van der Waals surface area contributed by atoms with Crippen molar-refractivity contribution in [3.8, 4) is 0 Å². The van der Waals surface area contributed by atoms with Crippen LogP contribution in [0.4, 0.5) is 0 Å². The summed E-state index contributed by atoms with van der Waals surface area (Å²) in [5, 5.41) is 61.3. The van der Waals surface area contributed by atoms with Gasteiger partial charge >= 0.3 is 0 Å². The number of nitrogens with one attached hydrogen (secondary N) is 3. The normalized spacial score (nSPS) is 45.6. The summed E-state index contributed by atoms with van der Waals surface area (Å²) in [6.45, 7) is 2.37. The number of likely N-dealkylation sites (N-methyl/N-ethyl adjacent to an activating group) is 1. The van der Waals surface area contributed by atoms with E-state index in [1.807, 2.05) is 6.08 Å². The summed E-state index contributed by atoms with van der Waals surface area (Å²) < 4.78 is 23.8. The average molecular weight is 605 g/mol. The summed E-state index contributed by atoms with van der Waals surface area (Å²) in [5.41, 5.74) is 15.3. The zero-order valence-corrected chi connectivity index (χ0v) is 24.1. The van der Waals surface area contributed by atoms with E-state index in [2.05, 4.69) is 16.0 Å². The number of rotatable bonds is 12. The second-order valence-electron chi connectivity index (χ2n) is 12.0. The molecule has 16 heteroatoms. The number of carbonyl (C=O) groups excluding carboxylic acids is 1. The lowest BCUT2D eigenvalue weighted by Gasteiger charge is -2.49. The van der Waals surface area contributed by atoms with Gasteiger partial charge in [0.1, 0.15) is 35.8 Å². The molecule has 0 radical (unpaired) electrons. The predicted molar refractivity (Wildman–Crippen MR) is 147 cm³/mol. The molecule has 0 bridgehead atoms. The van der Waals surface area contributed by atoms with Crippen LogP contribution in [-0.2, 0) is 23.7 Å². The first-order valence-electron chi connectivity index (χ1n) is 14.5. The number of hydrogen-bond acceptors (Lipinski definition) is 15. The second-order valence-corrected chi connectivity index (χ2v) is 12.0. The maximum atomic E-state index is 12.9. The van der Waals surface area contributed by atoms with Crippen LogP contribution in [0.2, 0.25) is 0 Å². The Morgan fingerprint density at radius 1 is 1.12 bits per heavy atom. The number of aliphatic hydroxyl groups is 5. The van der Waals surface area contributed by atoms with E-state index in [-0.39, 0.29) is 26.1 Å². The molecule has 1 amide bonds. The highest BCUT2D eigenvalue weighted by molar-refractivity contribution is 5.89. The fourth-order valence-corrected chi connectivity index (χ4v) is 5.77. The Bertz CT molecular complexity index is 961. The van der Waals surface area contributed by atoms with Gasteiger partial charge in [-0.3, -0.25) is 4.79 Å². The Morgan fingerprint density at radius 2 is 1.81 bits per heavy atom. The molecule has 3 fully saturated rings. The van der Waals surface area contributed by atoms with Gasteiger partial charge in [-0.1, -0.05) is 0 Å². The zero-order chi connectivity index (χ0) is 30.8. The molecule has 16 nitrogen and oxygen atoms in total. The highest BCUT2D eigenvalue weighted by Crippen LogP contribution is 2.36. The first kappa shape index (κ1) is 33.4. The third kappa shape index (κ3) is 7.23. The van der Waals surface area contributed by atoms with Gasteiger partial charge in [-0.25, -0.2) is 0 Å². The van der Waals surface area contributed by atoms with E-state index in [1.165, 1.54) is 6.92 Å². The van der Waals surface area contributed by atoms with Crippen molar-refractivity contribution in [3.05, 3.63) is 11.8 Å². The van der Waals surface area contributed by atoms with Crippen molar-refractivity contribution in [3.63, 3.8) is 0 Å². The minimum absolute atomic E-state index is 0.0623. The van der Waals surface area contributed by atoms with Crippen LogP contribution < -0.4 is 33.2 Å². The average Bonchev–Trinajstić information content (AvgIpc) is 3.56. The number of nitrogens with two attached hydrogens (primary N) is 3. The van der Waals surface area contributed by atoms with E-state index in [4.69, 9.17) is 41.3 Å². The molecule has 242 valence electrons. The van der Waals surface area contributed by atoms with E-state index in [9.17, 15) is 25.2 Å². The Hall–Kier alpha value is -1.51. The molecule has 0 aromatic carbocycles. The van der Waals surface area contributed by atoms with Crippen LogP contribution >= 0.6 is 0 Å². The van der Waals surface area contributed by atoms with Crippen LogP contribution in [0.3, 0.4) is 0 Å². The van der Waals surface area contributed by atoms with E-state index < -0.39 is 84.3 Å². The minimum atomic E-state index is -1.74. The van der Waals surface area contributed by atoms with Crippen molar-refractivity contribution in [1.82, 2.24) is 16.0 Å². The summed E-state index contributed by atoms with van der Waals surface area (Å²) in [6.07, 6.45) is -4.30. The molecule has 4 rings (SSSR count). The molecule has 2 aliphatic heterocycles. The molecule has 2 aliphatic carbocycles. The van der Waals surface area contributed by atoms with E-state index in [1.54, 1.807) is 7.05 Å². The lowest BCUT2D eigenvalue weighted by Crippen LogP contribution is -2.69. The first-order valence-corrected chi connectivity index (χ1v) is 14.5. The maximum absolute atomic E-state index is 12.9. The summed E-state index contributed by atoms with van der Waals surface area (Å²) in [4.78, 5) is 12.9. The maximum Gasteiger partial charge on any atom is 0.253 e. The Labute approximate surface area is 244 Å². The molecular weight excluding hydrogens is 556 g/mol. The van der Waals surface area contributed by atoms with Crippen LogP contribution in [0, 0.1) is 0 Å². The fraction of sp³-hybridized carbons (Fsp3) is 0.885. The van der Waals surface area contributed by atoms with Gasteiger partial charge in [-0.15, -0.1) is 0 Å². The van der Waals surface area contributed by atoms with Crippen LogP contribution in [0.1, 0.15) is 32.6 Å². The van der Waals surface area contributed by atoms with E-state index in [0.29, 0.717) is 31.7 Å². The van der Waals surface area contributed by atoms with E-state index >= 15 is 0 Å². The van der Waals surface area contributed by atoms with Gasteiger partial charge in [0, 0.05) is 25.1 Å². The summed E-state index contributed by atoms with van der Waals surface area (Å²) in [5.74, 6) is -0.135. The van der Waals surface area contributed by atoms with Gasteiger partial charge in [0.15, 0.2) is 11.9 Å². The minimum Gasteiger partial charge on any atom is -0.467 e. The van der Waals surface area contributed by atoms with Gasteiger partial charge in [0.05, 0.1) is 31.3 Å². The van der Waals surface area contributed by atoms with Crippen molar-refractivity contribution in [2.75, 3.05) is 33.4 Å². The number of hydrogen-bond donors (Lipinski definition) is 11. The predicted octanol–water partition coefficient (Wildman–Crippen LogP) is -5.22. The molecule has 13 atom stereocenters. The van der Waals surface area contributed by atoms with Crippen molar-refractivity contribution < 1.29 is 49.3 Å². The topological polar surface area (TPSA) is 269 Å². The third-order valence-electron chi connectivity index (χ3n) is 8.48. The first-order chi connectivity index (χ1) is 19.8. The molecule has 2 saturated carbocycles. The van der Waals surface area contributed by atoms with Crippen LogP contribution in [0.25, 0.3) is 0 Å². The molecule has 2 heterocycles. The Morgan fingerprint density at radius 3 is 2.45 bits per heavy atom. The van der Waals surface area contributed by atoms with Crippen LogP contribution in [0.5, 0.6) is 0 Å². The summed E-state index contributed by atoms with van der Waals surface area (Å²) in [7, 11) is 1.57. The van der Waals surface area contributed by atoms with Crippen molar-refractivity contribution in [1.29, 1.82) is 0 Å². The molecule has 0 spiro atoms. The number of amides is 1. The molecule has 1 saturated heterocycles. The highest BCUT2D eigenvalue weighted by atomic mass is 16.7. The van der Waals surface area contributed by atoms with Gasteiger partial charge in [-0.05, 0) is 45.9 Å². The van der Waals surface area contributed by atoms with Gasteiger partial charge in [-0.2, -0.15) is 0 Å². The summed E-state index contributed by atoms with van der Waals surface area (Å²) in [6, 6.07) is -3.84. The van der Waals surface area contributed by atoms with Gasteiger partial charge < -0.3 is 77.6 Å². The second kappa shape index (κ2) is 13.6. The lowest BCUT2D eigenvalue weighted by atomic mass is 9.83. The number of carbonyl (C=O) groups is 1. The monoisotopic (exact) mass is 604 g/mol. The van der Waals surface area contributed by atoms with Gasteiger partial charge in [0.2, 0.25) is 6.29 Å². The Kier molecular flexibility index (Phi) is 10.8. The lowest BCUT2D eigenvalue weighted by molar-refractivity contribution is -0.304. The molecule has 2 unspecified atom stereocenters. The van der Waals surface area contributed by atoms with Crippen LogP contribution in [0.15, 0.2) is 11.8 Å². The van der Waals surface area contributed by atoms with Crippen molar-refractivity contribution >= 4 is 5.91 Å². The van der Waals surface area contributed by atoms with Crippen LogP contribution in [-0.4, -0.2) is 143 Å². The molecule has 42 heavy (non-hydrogen) atoms. The highest BCUT2D eigenvalue weighted by Gasteiger charge is 2.59. The van der Waals surface area contributed by atoms with Crippen molar-refractivity contribution in [2.24, 2.45) is 17.2 Å². The zero-order valence-electron chi connectivity index (χ0n) is 24.1. The number of aliphatic hydroxyl groups excluding tert-OH is 3. The van der Waals surface area contributed by atoms with Crippen molar-refractivity contribution in [2.45, 2.75) is 111 Å². The summed E-state index contributed by atoms with van der Waals surface area (Å²) >= 11 is 0. The Balaban J connectivity index is 1.49. The standard InChI is InChI=1S/C26H48N6O10/c1-25(37)11-39-23(18(35)21(25)30-2)42-20-15(32-24(36)26(38)9-16(26)29)8-14(28)19(17(20)34)41-22-13(27)5-4-12(40-22)10-31-6-3-7-33/h4,13-23,30-31,33-35,37-38H,3,5-11,27-29H2,1-2H3,(H,32,36)/t13-,14+,15-,16?,17+,18+,19-,20+,21+,22-,23+,25-,26?/m1/s1. The fourth-order valence-electron chi connectivity index (χ4n) is 5.77. The van der Waals surface area contributed by atoms with Gasteiger partial charge in [0.25, 0.3) is 5.91 Å². The molecule has 4 aliphatic rings. The SMILES string of the molecule is CN[C@H]1[C@H](O)[C@H](O[C@@H]2[C@@H](O)[C@H](O[C@H]3OC(CNCCCO)=CC[C@H]3N)[C@@H](N)C[C@H]2NC(=O)C2(O)CC2N)OC[C@@]1(C)O.